The van der Waals surface area contributed by atoms with E-state index in [1.54, 1.807) is 6.07 Å². The summed E-state index contributed by atoms with van der Waals surface area (Å²) in [5.41, 5.74) is 0.741. The fourth-order valence-corrected chi connectivity index (χ4v) is 2.25. The molecule has 1 atom stereocenters. The van der Waals surface area contributed by atoms with Gasteiger partial charge in [0, 0.05) is 11.6 Å². The number of nitrogens with one attached hydrogen (secondary N) is 1. The molecule has 3 heteroatoms. The van der Waals surface area contributed by atoms with Gasteiger partial charge in [0.15, 0.2) is 0 Å². The number of benzene rings is 1. The SMILES string of the molecule is C=CCCCC(NCC)c1cccc(Br)c1F. The first-order chi connectivity index (χ1) is 8.20. The van der Waals surface area contributed by atoms with Crippen molar-refractivity contribution in [3.63, 3.8) is 0 Å². The van der Waals surface area contributed by atoms with Gasteiger partial charge in [0.25, 0.3) is 0 Å². The van der Waals surface area contributed by atoms with E-state index >= 15 is 0 Å². The van der Waals surface area contributed by atoms with Crippen molar-refractivity contribution in [2.75, 3.05) is 6.54 Å². The molecule has 0 heterocycles. The molecule has 1 nitrogen and oxygen atoms in total. The summed E-state index contributed by atoms with van der Waals surface area (Å²) in [6, 6.07) is 5.53. The molecule has 0 aromatic heterocycles. The molecule has 0 saturated carbocycles. The van der Waals surface area contributed by atoms with Crippen LogP contribution in [0.5, 0.6) is 0 Å². The maximum atomic E-state index is 14.0. The predicted molar refractivity (Wildman–Crippen MR) is 74.6 cm³/mol. The smallest absolute Gasteiger partial charge is 0.142 e. The maximum absolute atomic E-state index is 14.0. The molecule has 17 heavy (non-hydrogen) atoms. The Morgan fingerprint density at radius 2 is 2.29 bits per heavy atom. The van der Waals surface area contributed by atoms with Crippen LogP contribution >= 0.6 is 15.9 Å². The van der Waals surface area contributed by atoms with Gasteiger partial charge < -0.3 is 5.32 Å². The lowest BCUT2D eigenvalue weighted by molar-refractivity contribution is 0.473. The topological polar surface area (TPSA) is 12.0 Å². The number of halogens is 2. The van der Waals surface area contributed by atoms with E-state index < -0.39 is 0 Å². The Kier molecular flexibility index (Phi) is 6.45. The van der Waals surface area contributed by atoms with Crippen LogP contribution in [0.3, 0.4) is 0 Å². The summed E-state index contributed by atoms with van der Waals surface area (Å²) >= 11 is 3.23. The second kappa shape index (κ2) is 7.62. The zero-order valence-corrected chi connectivity index (χ0v) is 11.8. The van der Waals surface area contributed by atoms with Crippen molar-refractivity contribution in [1.82, 2.24) is 5.32 Å². The van der Waals surface area contributed by atoms with E-state index in [9.17, 15) is 4.39 Å². The van der Waals surface area contributed by atoms with Crippen LogP contribution in [0.4, 0.5) is 4.39 Å². The second-order valence-electron chi connectivity index (χ2n) is 3.97. The van der Waals surface area contributed by atoms with Crippen molar-refractivity contribution < 1.29 is 4.39 Å². The highest BCUT2D eigenvalue weighted by Crippen LogP contribution is 2.26. The predicted octanol–water partition coefficient (Wildman–Crippen LogP) is 4.60. The van der Waals surface area contributed by atoms with Gasteiger partial charge in [-0.3, -0.25) is 0 Å². The Bertz CT molecular complexity index is 365. The van der Waals surface area contributed by atoms with Gasteiger partial charge in [0.05, 0.1) is 4.47 Å². The minimum Gasteiger partial charge on any atom is -0.310 e. The molecule has 0 saturated heterocycles. The van der Waals surface area contributed by atoms with Gasteiger partial charge in [-0.25, -0.2) is 4.39 Å². The quantitative estimate of drug-likeness (QED) is 0.573. The molecule has 1 N–H and O–H groups in total. The molecule has 0 aliphatic heterocycles. The van der Waals surface area contributed by atoms with Crippen LogP contribution in [-0.4, -0.2) is 6.54 Å². The monoisotopic (exact) mass is 299 g/mol. The lowest BCUT2D eigenvalue weighted by atomic mass is 10.0. The Labute approximate surface area is 111 Å². The van der Waals surface area contributed by atoms with Gasteiger partial charge in [-0.2, -0.15) is 0 Å². The fourth-order valence-electron chi connectivity index (χ4n) is 1.87. The van der Waals surface area contributed by atoms with E-state index in [1.165, 1.54) is 0 Å². The van der Waals surface area contributed by atoms with Gasteiger partial charge in [0.2, 0.25) is 0 Å². The zero-order chi connectivity index (χ0) is 12.7. The number of unbranched alkanes of at least 4 members (excludes halogenated alkanes) is 1. The van der Waals surface area contributed by atoms with Crippen molar-refractivity contribution in [2.24, 2.45) is 0 Å². The van der Waals surface area contributed by atoms with E-state index in [0.29, 0.717) is 4.47 Å². The molecule has 0 spiro atoms. The van der Waals surface area contributed by atoms with Crippen LogP contribution in [0.2, 0.25) is 0 Å². The van der Waals surface area contributed by atoms with Crippen molar-refractivity contribution in [3.05, 3.63) is 46.7 Å². The molecule has 1 unspecified atom stereocenters. The van der Waals surface area contributed by atoms with Crippen LogP contribution in [0, 0.1) is 5.82 Å². The number of allylic oxidation sites excluding steroid dienone is 1. The number of hydrogen-bond acceptors (Lipinski definition) is 1. The molecule has 1 aromatic rings. The molecule has 1 rings (SSSR count). The highest BCUT2D eigenvalue weighted by Gasteiger charge is 2.15. The summed E-state index contributed by atoms with van der Waals surface area (Å²) in [5, 5.41) is 3.33. The van der Waals surface area contributed by atoms with Crippen molar-refractivity contribution in [3.8, 4) is 0 Å². The Morgan fingerprint density at radius 3 is 2.94 bits per heavy atom. The molecule has 0 amide bonds. The first-order valence-corrected chi connectivity index (χ1v) is 6.78. The van der Waals surface area contributed by atoms with Gasteiger partial charge >= 0.3 is 0 Å². The summed E-state index contributed by atoms with van der Waals surface area (Å²) in [7, 11) is 0. The van der Waals surface area contributed by atoms with Crippen LogP contribution in [0.1, 0.15) is 37.8 Å². The van der Waals surface area contributed by atoms with Gasteiger partial charge in [-0.15, -0.1) is 6.58 Å². The minimum absolute atomic E-state index is 0.0810. The number of hydrogen-bond donors (Lipinski definition) is 1. The normalized spacial score (nSPS) is 12.4. The third-order valence-electron chi connectivity index (χ3n) is 2.71. The standard InChI is InChI=1S/C14H19BrFN/c1-3-5-6-10-13(17-4-2)11-8-7-9-12(15)14(11)16/h3,7-9,13,17H,1,4-6,10H2,2H3. The van der Waals surface area contributed by atoms with Gasteiger partial charge in [-0.05, 0) is 47.8 Å². The molecule has 0 bridgehead atoms. The van der Waals surface area contributed by atoms with Crippen LogP contribution in [0.15, 0.2) is 35.3 Å². The van der Waals surface area contributed by atoms with Crippen LogP contribution in [0.25, 0.3) is 0 Å². The maximum Gasteiger partial charge on any atom is 0.142 e. The molecule has 0 aliphatic carbocycles. The zero-order valence-electron chi connectivity index (χ0n) is 10.2. The van der Waals surface area contributed by atoms with Gasteiger partial charge in [0.1, 0.15) is 5.82 Å². The van der Waals surface area contributed by atoms with E-state index in [2.05, 4.69) is 27.8 Å². The molecule has 0 aliphatic rings. The molecule has 94 valence electrons. The Balaban J connectivity index is 2.81. The molecular weight excluding hydrogens is 281 g/mol. The first kappa shape index (κ1) is 14.4. The highest BCUT2D eigenvalue weighted by atomic mass is 79.9. The second-order valence-corrected chi connectivity index (χ2v) is 4.83. The van der Waals surface area contributed by atoms with Crippen molar-refractivity contribution >= 4 is 15.9 Å². The molecule has 0 radical (unpaired) electrons. The van der Waals surface area contributed by atoms with Gasteiger partial charge in [-0.1, -0.05) is 25.1 Å². The number of rotatable bonds is 7. The lowest BCUT2D eigenvalue weighted by Gasteiger charge is -2.19. The Morgan fingerprint density at radius 1 is 1.53 bits per heavy atom. The van der Waals surface area contributed by atoms with Crippen molar-refractivity contribution in [1.29, 1.82) is 0 Å². The van der Waals surface area contributed by atoms with E-state index in [4.69, 9.17) is 0 Å². The largest absolute Gasteiger partial charge is 0.310 e. The molecule has 0 fully saturated rings. The lowest BCUT2D eigenvalue weighted by Crippen LogP contribution is -2.22. The minimum atomic E-state index is -0.156. The Hall–Kier alpha value is -0.670. The van der Waals surface area contributed by atoms with E-state index in [-0.39, 0.29) is 11.9 Å². The fraction of sp³-hybridized carbons (Fsp3) is 0.429. The van der Waals surface area contributed by atoms with Crippen LogP contribution in [-0.2, 0) is 0 Å². The van der Waals surface area contributed by atoms with E-state index in [1.807, 2.05) is 25.1 Å². The summed E-state index contributed by atoms with van der Waals surface area (Å²) < 4.78 is 14.5. The van der Waals surface area contributed by atoms with Crippen molar-refractivity contribution in [2.45, 2.75) is 32.2 Å². The average Bonchev–Trinajstić information content (AvgIpc) is 2.32. The summed E-state index contributed by atoms with van der Waals surface area (Å²) in [5.74, 6) is -0.156. The summed E-state index contributed by atoms with van der Waals surface area (Å²) in [6.45, 7) is 6.58. The molecular formula is C14H19BrFN. The first-order valence-electron chi connectivity index (χ1n) is 5.98. The highest BCUT2D eigenvalue weighted by molar-refractivity contribution is 9.10. The average molecular weight is 300 g/mol. The molecule has 1 aromatic carbocycles. The third-order valence-corrected chi connectivity index (χ3v) is 3.32. The third kappa shape index (κ3) is 4.25. The van der Waals surface area contributed by atoms with Crippen LogP contribution < -0.4 is 5.32 Å². The van der Waals surface area contributed by atoms with E-state index in [0.717, 1.165) is 31.4 Å². The summed E-state index contributed by atoms with van der Waals surface area (Å²) in [4.78, 5) is 0. The summed E-state index contributed by atoms with van der Waals surface area (Å²) in [6.07, 6.45) is 4.82.